The Balaban J connectivity index is 1.98. The van der Waals surface area contributed by atoms with Crippen LogP contribution in [-0.4, -0.2) is 47.9 Å². The van der Waals surface area contributed by atoms with Gasteiger partial charge in [-0.25, -0.2) is 4.79 Å². The van der Waals surface area contributed by atoms with Crippen molar-refractivity contribution in [3.05, 3.63) is 53.9 Å². The Morgan fingerprint density at radius 2 is 1.91 bits per heavy atom. The van der Waals surface area contributed by atoms with Crippen LogP contribution in [0, 0.1) is 0 Å². The van der Waals surface area contributed by atoms with E-state index in [2.05, 4.69) is 10.3 Å². The number of aromatic nitrogens is 1. The van der Waals surface area contributed by atoms with Crippen LogP contribution in [0.5, 0.6) is 5.75 Å². The van der Waals surface area contributed by atoms with Crippen LogP contribution in [0.15, 0.2) is 42.7 Å². The fraction of sp³-hybridized carbons (Fsp3) is 0.409. The maximum absolute atomic E-state index is 13.5. The third-order valence-corrected chi connectivity index (χ3v) is 4.63. The molecule has 2 N–H and O–H groups in total. The Morgan fingerprint density at radius 1 is 1.21 bits per heavy atom. The lowest BCUT2D eigenvalue weighted by atomic mass is 10.1. The van der Waals surface area contributed by atoms with Gasteiger partial charge in [0.05, 0.1) is 30.7 Å². The summed E-state index contributed by atoms with van der Waals surface area (Å²) >= 11 is 0. The SMILES string of the molecule is CCOC(=O)N(c1cnccc1C(F)(F)F)C(C)CCNC(=O)COc1ccc(CO)cc1. The number of nitrogens with one attached hydrogen (secondary N) is 1. The Bertz CT molecular complexity index is 922. The number of carbonyl (C=O) groups excluding carboxylic acids is 2. The minimum atomic E-state index is -4.69. The van der Waals surface area contributed by atoms with Crippen LogP contribution in [-0.2, 0) is 22.3 Å². The summed E-state index contributed by atoms with van der Waals surface area (Å²) in [5, 5.41) is 11.6. The molecule has 0 aliphatic rings. The summed E-state index contributed by atoms with van der Waals surface area (Å²) in [6.45, 7) is 2.80. The third kappa shape index (κ3) is 7.63. The second kappa shape index (κ2) is 12.0. The van der Waals surface area contributed by atoms with E-state index in [1.165, 1.54) is 0 Å². The first kappa shape index (κ1) is 25.9. The van der Waals surface area contributed by atoms with Gasteiger partial charge in [-0.05, 0) is 44.0 Å². The average molecular weight is 469 g/mol. The second-order valence-corrected chi connectivity index (χ2v) is 7.04. The van der Waals surface area contributed by atoms with Crippen molar-refractivity contribution < 1.29 is 37.3 Å². The molecule has 0 saturated heterocycles. The molecule has 0 aliphatic heterocycles. The average Bonchev–Trinajstić information content (AvgIpc) is 2.78. The minimum absolute atomic E-state index is 0.0168. The number of pyridine rings is 1. The standard InChI is InChI=1S/C22H26F3N3O5/c1-3-32-21(31)28(19-12-26-10-9-18(19)22(23,24)25)15(2)8-11-27-20(30)14-33-17-6-4-16(13-29)5-7-17/h4-7,9-10,12,15,29H,3,8,11,13-14H2,1-2H3,(H,27,30). The van der Waals surface area contributed by atoms with Crippen LogP contribution in [0.25, 0.3) is 0 Å². The van der Waals surface area contributed by atoms with Crippen LogP contribution >= 0.6 is 0 Å². The van der Waals surface area contributed by atoms with Crippen LogP contribution < -0.4 is 15.0 Å². The van der Waals surface area contributed by atoms with Gasteiger partial charge in [0.2, 0.25) is 0 Å². The number of aliphatic hydroxyl groups is 1. The molecule has 1 heterocycles. The smallest absolute Gasteiger partial charge is 0.418 e. The number of rotatable bonds is 10. The summed E-state index contributed by atoms with van der Waals surface area (Å²) in [5.74, 6) is 0.00828. The minimum Gasteiger partial charge on any atom is -0.484 e. The zero-order valence-electron chi connectivity index (χ0n) is 18.3. The fourth-order valence-corrected chi connectivity index (χ4v) is 2.97. The topological polar surface area (TPSA) is 101 Å². The molecular formula is C22H26F3N3O5. The van der Waals surface area contributed by atoms with E-state index in [-0.39, 0.29) is 32.8 Å². The van der Waals surface area contributed by atoms with Crippen molar-refractivity contribution in [2.45, 2.75) is 39.1 Å². The first-order valence-corrected chi connectivity index (χ1v) is 10.2. The lowest BCUT2D eigenvalue weighted by molar-refractivity contribution is -0.137. The molecule has 2 rings (SSSR count). The van der Waals surface area contributed by atoms with Gasteiger partial charge in [0.25, 0.3) is 5.91 Å². The molecule has 1 unspecified atom stereocenters. The van der Waals surface area contributed by atoms with Crippen LogP contribution in [0.4, 0.5) is 23.7 Å². The highest BCUT2D eigenvalue weighted by Crippen LogP contribution is 2.37. The first-order chi connectivity index (χ1) is 15.7. The number of hydrogen-bond acceptors (Lipinski definition) is 6. The molecule has 180 valence electrons. The van der Waals surface area contributed by atoms with E-state index in [0.717, 1.165) is 23.4 Å². The summed E-state index contributed by atoms with van der Waals surface area (Å²) in [6.07, 6.45) is -3.52. The van der Waals surface area contributed by atoms with E-state index in [4.69, 9.17) is 14.6 Å². The van der Waals surface area contributed by atoms with E-state index in [1.807, 2.05) is 0 Å². The van der Waals surface area contributed by atoms with E-state index in [9.17, 15) is 22.8 Å². The van der Waals surface area contributed by atoms with Gasteiger partial charge >= 0.3 is 12.3 Å². The highest BCUT2D eigenvalue weighted by atomic mass is 19.4. The maximum Gasteiger partial charge on any atom is 0.418 e. The predicted octanol–water partition coefficient (Wildman–Crippen LogP) is 3.53. The molecule has 0 saturated carbocycles. The van der Waals surface area contributed by atoms with Gasteiger partial charge in [0.1, 0.15) is 5.75 Å². The van der Waals surface area contributed by atoms with E-state index in [1.54, 1.807) is 38.1 Å². The largest absolute Gasteiger partial charge is 0.484 e. The zero-order chi connectivity index (χ0) is 24.4. The van der Waals surface area contributed by atoms with Gasteiger partial charge in [-0.15, -0.1) is 0 Å². The van der Waals surface area contributed by atoms with Crippen molar-refractivity contribution in [1.29, 1.82) is 0 Å². The van der Waals surface area contributed by atoms with Crippen LogP contribution in [0.1, 0.15) is 31.4 Å². The summed E-state index contributed by atoms with van der Waals surface area (Å²) in [4.78, 5) is 29.1. The van der Waals surface area contributed by atoms with Gasteiger partial charge in [-0.3, -0.25) is 14.7 Å². The number of nitrogens with zero attached hydrogens (tertiary/aromatic N) is 2. The maximum atomic E-state index is 13.5. The van der Waals surface area contributed by atoms with E-state index >= 15 is 0 Å². The molecule has 0 bridgehead atoms. The Hall–Kier alpha value is -3.34. The summed E-state index contributed by atoms with van der Waals surface area (Å²) in [5.41, 5.74) is -0.728. The van der Waals surface area contributed by atoms with Crippen molar-refractivity contribution in [1.82, 2.24) is 10.3 Å². The molecule has 2 amide bonds. The molecule has 8 nitrogen and oxygen atoms in total. The lowest BCUT2D eigenvalue weighted by Gasteiger charge is -2.30. The normalized spacial score (nSPS) is 12.1. The van der Waals surface area contributed by atoms with Crippen LogP contribution in [0.3, 0.4) is 0 Å². The molecule has 1 aromatic carbocycles. The molecule has 0 radical (unpaired) electrons. The van der Waals surface area contributed by atoms with Gasteiger partial charge < -0.3 is 19.9 Å². The van der Waals surface area contributed by atoms with Crippen molar-refractivity contribution in [3.8, 4) is 5.75 Å². The number of benzene rings is 1. The van der Waals surface area contributed by atoms with Gasteiger partial charge in [-0.1, -0.05) is 12.1 Å². The molecular weight excluding hydrogens is 443 g/mol. The van der Waals surface area contributed by atoms with Crippen LogP contribution in [0.2, 0.25) is 0 Å². The third-order valence-electron chi connectivity index (χ3n) is 4.63. The summed E-state index contributed by atoms with van der Waals surface area (Å²) in [6, 6.07) is 6.61. The molecule has 2 aromatic rings. The number of aliphatic hydroxyl groups excluding tert-OH is 1. The van der Waals surface area contributed by atoms with Crippen molar-refractivity contribution in [2.24, 2.45) is 0 Å². The molecule has 1 aromatic heterocycles. The molecule has 0 spiro atoms. The fourth-order valence-electron chi connectivity index (χ4n) is 2.97. The van der Waals surface area contributed by atoms with Crippen molar-refractivity contribution in [2.75, 3.05) is 24.7 Å². The summed E-state index contributed by atoms with van der Waals surface area (Å²) in [7, 11) is 0. The molecule has 0 aliphatic carbocycles. The Morgan fingerprint density at radius 3 is 2.52 bits per heavy atom. The quantitative estimate of drug-likeness (QED) is 0.552. The molecule has 0 fully saturated rings. The molecule has 33 heavy (non-hydrogen) atoms. The predicted molar refractivity (Wildman–Crippen MR) is 114 cm³/mol. The van der Waals surface area contributed by atoms with Gasteiger partial charge in [0.15, 0.2) is 6.61 Å². The number of carbonyl (C=O) groups is 2. The number of ether oxygens (including phenoxy) is 2. The highest BCUT2D eigenvalue weighted by molar-refractivity contribution is 5.89. The number of halogens is 3. The van der Waals surface area contributed by atoms with E-state index in [0.29, 0.717) is 11.3 Å². The lowest BCUT2D eigenvalue weighted by Crippen LogP contribution is -2.42. The van der Waals surface area contributed by atoms with E-state index < -0.39 is 35.5 Å². The highest BCUT2D eigenvalue weighted by Gasteiger charge is 2.37. The molecule has 11 heteroatoms. The monoisotopic (exact) mass is 469 g/mol. The first-order valence-electron chi connectivity index (χ1n) is 10.2. The number of amides is 2. The van der Waals surface area contributed by atoms with Gasteiger partial charge in [0, 0.05) is 18.8 Å². The number of anilines is 1. The summed E-state index contributed by atoms with van der Waals surface area (Å²) < 4.78 is 50.7. The van der Waals surface area contributed by atoms with Crippen molar-refractivity contribution >= 4 is 17.7 Å². The van der Waals surface area contributed by atoms with Crippen molar-refractivity contribution in [3.63, 3.8) is 0 Å². The van der Waals surface area contributed by atoms with Gasteiger partial charge in [-0.2, -0.15) is 13.2 Å². The Kier molecular flexibility index (Phi) is 9.46. The zero-order valence-corrected chi connectivity index (χ0v) is 18.3. The number of alkyl halides is 3. The number of hydrogen-bond donors (Lipinski definition) is 2. The second-order valence-electron chi connectivity index (χ2n) is 7.04. The molecule has 1 atom stereocenters. The Labute approximate surface area is 189 Å².